The van der Waals surface area contributed by atoms with Crippen LogP contribution in [-0.4, -0.2) is 14.2 Å². The first-order valence-electron chi connectivity index (χ1n) is 6.14. The molecule has 0 aliphatic carbocycles. The lowest BCUT2D eigenvalue weighted by molar-refractivity contribution is 0.395. The summed E-state index contributed by atoms with van der Waals surface area (Å²) in [6.45, 7) is 0.658. The van der Waals surface area contributed by atoms with Crippen molar-refractivity contribution in [3.05, 3.63) is 49.9 Å². The summed E-state index contributed by atoms with van der Waals surface area (Å²) in [6.07, 6.45) is 0. The van der Waals surface area contributed by atoms with Gasteiger partial charge in [-0.05, 0) is 55.6 Å². The average molecular weight is 436 g/mol. The van der Waals surface area contributed by atoms with Crippen LogP contribution in [0.15, 0.2) is 39.3 Å². The Bertz CT molecular complexity index is 650. The van der Waals surface area contributed by atoms with Crippen LogP contribution < -0.4 is 14.8 Å². The van der Waals surface area contributed by atoms with Crippen LogP contribution in [0.25, 0.3) is 0 Å². The largest absolute Gasteiger partial charge is 0.495 e. The van der Waals surface area contributed by atoms with Crippen molar-refractivity contribution in [2.24, 2.45) is 0 Å². The summed E-state index contributed by atoms with van der Waals surface area (Å²) in [7, 11) is 3.19. The summed E-state index contributed by atoms with van der Waals surface area (Å²) < 4.78 is 12.6. The first kappa shape index (κ1) is 16.5. The van der Waals surface area contributed by atoms with Crippen molar-refractivity contribution in [3.8, 4) is 11.5 Å². The van der Waals surface area contributed by atoms with Crippen LogP contribution in [0.1, 0.15) is 5.56 Å². The van der Waals surface area contributed by atoms with E-state index in [0.29, 0.717) is 23.1 Å². The fourth-order valence-corrected chi connectivity index (χ4v) is 2.76. The van der Waals surface area contributed by atoms with E-state index in [1.807, 2.05) is 12.1 Å². The Morgan fingerprint density at radius 2 is 1.71 bits per heavy atom. The molecule has 21 heavy (non-hydrogen) atoms. The molecule has 0 heterocycles. The Morgan fingerprint density at radius 1 is 1.00 bits per heavy atom. The number of benzene rings is 2. The summed E-state index contributed by atoms with van der Waals surface area (Å²) >= 11 is 13.1. The van der Waals surface area contributed by atoms with Gasteiger partial charge in [0.25, 0.3) is 0 Å². The second kappa shape index (κ2) is 7.38. The van der Waals surface area contributed by atoms with E-state index in [9.17, 15) is 0 Å². The predicted octanol–water partition coefficient (Wildman–Crippen LogP) is 5.49. The number of rotatable bonds is 5. The summed E-state index contributed by atoms with van der Waals surface area (Å²) in [5, 5.41) is 3.86. The number of anilines is 1. The van der Waals surface area contributed by atoms with Gasteiger partial charge >= 0.3 is 0 Å². The maximum Gasteiger partial charge on any atom is 0.145 e. The van der Waals surface area contributed by atoms with Crippen molar-refractivity contribution < 1.29 is 9.47 Å². The molecule has 0 atom stereocenters. The van der Waals surface area contributed by atoms with E-state index in [1.165, 1.54) is 0 Å². The van der Waals surface area contributed by atoms with Crippen molar-refractivity contribution in [1.29, 1.82) is 0 Å². The van der Waals surface area contributed by atoms with Crippen molar-refractivity contribution in [1.82, 2.24) is 0 Å². The van der Waals surface area contributed by atoms with Gasteiger partial charge in [-0.3, -0.25) is 0 Å². The Labute approximate surface area is 145 Å². The molecule has 0 aliphatic rings. The topological polar surface area (TPSA) is 30.5 Å². The zero-order chi connectivity index (χ0) is 15.4. The van der Waals surface area contributed by atoms with Crippen molar-refractivity contribution >= 4 is 49.1 Å². The predicted molar refractivity (Wildman–Crippen MR) is 93.7 cm³/mol. The third-order valence-electron chi connectivity index (χ3n) is 2.94. The van der Waals surface area contributed by atoms with Gasteiger partial charge in [-0.1, -0.05) is 17.7 Å². The highest BCUT2D eigenvalue weighted by Gasteiger charge is 2.10. The Balaban J connectivity index is 2.19. The monoisotopic (exact) mass is 433 g/mol. The molecule has 3 nitrogen and oxygen atoms in total. The molecule has 0 aliphatic heterocycles. The van der Waals surface area contributed by atoms with Gasteiger partial charge in [0.05, 0.1) is 24.9 Å². The number of methoxy groups -OCH3 is 2. The van der Waals surface area contributed by atoms with Crippen LogP contribution in [-0.2, 0) is 6.54 Å². The van der Waals surface area contributed by atoms with Crippen LogP contribution in [0.3, 0.4) is 0 Å². The Hall–Kier alpha value is -0.910. The molecular weight excluding hydrogens is 421 g/mol. The molecule has 0 fully saturated rings. The summed E-state index contributed by atoms with van der Waals surface area (Å²) in [4.78, 5) is 0. The van der Waals surface area contributed by atoms with E-state index < -0.39 is 0 Å². The summed E-state index contributed by atoms with van der Waals surface area (Å²) in [5.74, 6) is 1.28. The number of halogens is 3. The smallest absolute Gasteiger partial charge is 0.145 e. The molecule has 0 radical (unpaired) electrons. The maximum atomic E-state index is 6.15. The molecule has 112 valence electrons. The quantitative estimate of drug-likeness (QED) is 0.673. The summed E-state index contributed by atoms with van der Waals surface area (Å²) in [5.41, 5.74) is 1.96. The number of nitrogens with one attached hydrogen (secondary N) is 1. The Morgan fingerprint density at radius 3 is 2.33 bits per heavy atom. The van der Waals surface area contributed by atoms with Gasteiger partial charge in [-0.2, -0.15) is 0 Å². The third-order valence-corrected chi connectivity index (χ3v) is 5.12. The van der Waals surface area contributed by atoms with Crippen molar-refractivity contribution in [2.45, 2.75) is 6.54 Å². The van der Waals surface area contributed by atoms with E-state index in [-0.39, 0.29) is 0 Å². The van der Waals surface area contributed by atoms with Gasteiger partial charge in [0.15, 0.2) is 0 Å². The molecule has 0 unspecified atom stereocenters. The minimum Gasteiger partial charge on any atom is -0.495 e. The van der Waals surface area contributed by atoms with Gasteiger partial charge in [-0.15, -0.1) is 0 Å². The minimum absolute atomic E-state index is 0.540. The maximum absolute atomic E-state index is 6.15. The van der Waals surface area contributed by atoms with Crippen LogP contribution in [0.5, 0.6) is 11.5 Å². The highest BCUT2D eigenvalue weighted by Crippen LogP contribution is 2.36. The van der Waals surface area contributed by atoms with Crippen LogP contribution in [0, 0.1) is 0 Å². The van der Waals surface area contributed by atoms with Gasteiger partial charge in [0.1, 0.15) is 11.5 Å². The zero-order valence-corrected chi connectivity index (χ0v) is 15.5. The first-order chi connectivity index (χ1) is 10.0. The standard InChI is InChI=1S/C15H14Br2ClNO2/c1-20-14-7-15(21-2)13(6-12(14)18)19-8-9-3-4-10(16)11(17)5-9/h3-7,19H,8H2,1-2H3. The lowest BCUT2D eigenvalue weighted by Crippen LogP contribution is -2.02. The summed E-state index contributed by atoms with van der Waals surface area (Å²) in [6, 6.07) is 9.66. The molecule has 0 saturated carbocycles. The fourth-order valence-electron chi connectivity index (χ4n) is 1.85. The second-order valence-electron chi connectivity index (χ2n) is 4.29. The van der Waals surface area contributed by atoms with Crippen molar-refractivity contribution in [3.63, 3.8) is 0 Å². The van der Waals surface area contributed by atoms with Gasteiger partial charge in [0, 0.05) is 21.6 Å². The van der Waals surface area contributed by atoms with Gasteiger partial charge in [-0.25, -0.2) is 0 Å². The lowest BCUT2D eigenvalue weighted by Gasteiger charge is -2.14. The first-order valence-corrected chi connectivity index (χ1v) is 8.11. The fraction of sp³-hybridized carbons (Fsp3) is 0.200. The van der Waals surface area contributed by atoms with Crippen molar-refractivity contribution in [2.75, 3.05) is 19.5 Å². The number of ether oxygens (including phenoxy) is 2. The molecule has 0 amide bonds. The SMILES string of the molecule is COc1cc(OC)c(NCc2ccc(Br)c(Br)c2)cc1Cl. The van der Waals surface area contributed by atoms with E-state index >= 15 is 0 Å². The van der Waals surface area contributed by atoms with E-state index in [4.69, 9.17) is 21.1 Å². The average Bonchev–Trinajstić information content (AvgIpc) is 2.48. The van der Waals surface area contributed by atoms with E-state index in [2.05, 4.69) is 43.2 Å². The molecule has 2 aromatic carbocycles. The number of hydrogen-bond acceptors (Lipinski definition) is 3. The van der Waals surface area contributed by atoms with Crippen LogP contribution >= 0.6 is 43.5 Å². The third kappa shape index (κ3) is 4.05. The molecular formula is C15H14Br2ClNO2. The minimum atomic E-state index is 0.540. The van der Waals surface area contributed by atoms with E-state index in [1.54, 1.807) is 26.4 Å². The second-order valence-corrected chi connectivity index (χ2v) is 6.40. The molecule has 0 bridgehead atoms. The number of hydrogen-bond donors (Lipinski definition) is 1. The zero-order valence-electron chi connectivity index (χ0n) is 11.5. The Kier molecular flexibility index (Phi) is 5.79. The van der Waals surface area contributed by atoms with Gasteiger partial charge in [0.2, 0.25) is 0 Å². The highest BCUT2D eigenvalue weighted by atomic mass is 79.9. The normalized spacial score (nSPS) is 10.3. The lowest BCUT2D eigenvalue weighted by atomic mass is 10.2. The molecule has 1 N–H and O–H groups in total. The van der Waals surface area contributed by atoms with E-state index in [0.717, 1.165) is 20.2 Å². The molecule has 0 spiro atoms. The van der Waals surface area contributed by atoms with Crippen LogP contribution in [0.2, 0.25) is 5.02 Å². The van der Waals surface area contributed by atoms with Crippen LogP contribution in [0.4, 0.5) is 5.69 Å². The molecule has 2 aromatic rings. The van der Waals surface area contributed by atoms with Gasteiger partial charge < -0.3 is 14.8 Å². The highest BCUT2D eigenvalue weighted by molar-refractivity contribution is 9.13. The molecule has 6 heteroatoms. The molecule has 2 rings (SSSR count). The molecule has 0 aromatic heterocycles. The molecule has 0 saturated heterocycles.